The molecule has 12 heavy (non-hydrogen) atoms. The fourth-order valence-corrected chi connectivity index (χ4v) is 0.866. The first-order valence-corrected chi connectivity index (χ1v) is 3.84. The lowest BCUT2D eigenvalue weighted by molar-refractivity contribution is 0.187. The van der Waals surface area contributed by atoms with Gasteiger partial charge in [-0.15, -0.1) is 0 Å². The Hall–Kier alpha value is -1.17. The summed E-state index contributed by atoms with van der Waals surface area (Å²) in [5.41, 5.74) is 0. The standard InChI is InChI=1S/C6H6BrN3O2/c1-12-6(11)10-5-2-4(7)8-3-9-5/h2-3H,1H3,(H,8,9,10,11). The molecule has 0 aromatic carbocycles. The average Bonchev–Trinajstić information content (AvgIpc) is 2.04. The van der Waals surface area contributed by atoms with Gasteiger partial charge in [0.15, 0.2) is 0 Å². The van der Waals surface area contributed by atoms with E-state index in [4.69, 9.17) is 0 Å². The molecule has 0 spiro atoms. The quantitative estimate of drug-likeness (QED) is 0.743. The van der Waals surface area contributed by atoms with Crippen LogP contribution < -0.4 is 5.32 Å². The number of rotatable bonds is 1. The monoisotopic (exact) mass is 231 g/mol. The number of anilines is 1. The Balaban J connectivity index is 2.69. The normalized spacial score (nSPS) is 9.17. The number of methoxy groups -OCH3 is 1. The summed E-state index contributed by atoms with van der Waals surface area (Å²) in [7, 11) is 1.28. The third-order valence-electron chi connectivity index (χ3n) is 1.05. The highest BCUT2D eigenvalue weighted by Crippen LogP contribution is 2.09. The van der Waals surface area contributed by atoms with Gasteiger partial charge >= 0.3 is 6.09 Å². The Morgan fingerprint density at radius 1 is 1.67 bits per heavy atom. The first-order valence-electron chi connectivity index (χ1n) is 3.05. The maximum absolute atomic E-state index is 10.7. The minimum Gasteiger partial charge on any atom is -0.453 e. The fourth-order valence-electron chi connectivity index (χ4n) is 0.558. The Morgan fingerprint density at radius 3 is 3.00 bits per heavy atom. The number of aromatic nitrogens is 2. The fraction of sp³-hybridized carbons (Fsp3) is 0.167. The highest BCUT2D eigenvalue weighted by atomic mass is 79.9. The summed E-state index contributed by atoms with van der Waals surface area (Å²) in [5, 5.41) is 2.39. The highest BCUT2D eigenvalue weighted by molar-refractivity contribution is 9.10. The van der Waals surface area contributed by atoms with Crippen molar-refractivity contribution >= 4 is 27.8 Å². The first-order chi connectivity index (χ1) is 5.72. The second-order valence-electron chi connectivity index (χ2n) is 1.84. The van der Waals surface area contributed by atoms with Crippen LogP contribution in [0.25, 0.3) is 0 Å². The molecule has 1 rings (SSSR count). The molecule has 1 aromatic rings. The van der Waals surface area contributed by atoms with Crippen LogP contribution in [-0.4, -0.2) is 23.2 Å². The Kier molecular flexibility index (Phi) is 2.98. The molecular weight excluding hydrogens is 226 g/mol. The van der Waals surface area contributed by atoms with Crippen molar-refractivity contribution in [1.82, 2.24) is 9.97 Å². The van der Waals surface area contributed by atoms with Crippen molar-refractivity contribution in [1.29, 1.82) is 0 Å². The average molecular weight is 232 g/mol. The number of nitrogens with zero attached hydrogens (tertiary/aromatic N) is 2. The Bertz CT molecular complexity index is 292. The van der Waals surface area contributed by atoms with Crippen LogP contribution in [0.15, 0.2) is 17.0 Å². The van der Waals surface area contributed by atoms with Crippen LogP contribution in [-0.2, 0) is 4.74 Å². The van der Waals surface area contributed by atoms with Crippen molar-refractivity contribution in [3.8, 4) is 0 Å². The number of halogens is 1. The van der Waals surface area contributed by atoms with Gasteiger partial charge in [-0.05, 0) is 15.9 Å². The molecule has 0 atom stereocenters. The molecule has 0 aliphatic heterocycles. The molecule has 0 radical (unpaired) electrons. The summed E-state index contributed by atoms with van der Waals surface area (Å²) in [6.07, 6.45) is 0.774. The number of ether oxygens (including phenoxy) is 1. The van der Waals surface area contributed by atoms with Crippen molar-refractivity contribution in [3.63, 3.8) is 0 Å². The molecule has 64 valence electrons. The molecule has 0 aliphatic rings. The summed E-state index contributed by atoms with van der Waals surface area (Å²) in [4.78, 5) is 18.2. The third-order valence-corrected chi connectivity index (χ3v) is 1.48. The van der Waals surface area contributed by atoms with Crippen LogP contribution >= 0.6 is 15.9 Å². The smallest absolute Gasteiger partial charge is 0.412 e. The number of amides is 1. The Labute approximate surface area is 77.3 Å². The molecule has 1 N–H and O–H groups in total. The van der Waals surface area contributed by atoms with Gasteiger partial charge in [0, 0.05) is 6.07 Å². The SMILES string of the molecule is COC(=O)Nc1cc(Br)ncn1. The molecule has 0 saturated carbocycles. The van der Waals surface area contributed by atoms with E-state index in [9.17, 15) is 4.79 Å². The molecule has 5 nitrogen and oxygen atoms in total. The molecule has 0 aliphatic carbocycles. The molecule has 1 aromatic heterocycles. The van der Waals surface area contributed by atoms with Crippen molar-refractivity contribution in [3.05, 3.63) is 17.0 Å². The van der Waals surface area contributed by atoms with Crippen LogP contribution in [0.5, 0.6) is 0 Å². The van der Waals surface area contributed by atoms with E-state index >= 15 is 0 Å². The molecule has 0 unspecified atom stereocenters. The zero-order valence-corrected chi connectivity index (χ0v) is 7.83. The van der Waals surface area contributed by atoms with E-state index in [0.717, 1.165) is 0 Å². The molecule has 0 saturated heterocycles. The van der Waals surface area contributed by atoms with Crippen molar-refractivity contribution in [2.75, 3.05) is 12.4 Å². The van der Waals surface area contributed by atoms with Crippen molar-refractivity contribution in [2.24, 2.45) is 0 Å². The molecule has 1 heterocycles. The lowest BCUT2D eigenvalue weighted by Gasteiger charge is -2.00. The predicted molar refractivity (Wildman–Crippen MR) is 45.8 cm³/mol. The number of carbonyl (C=O) groups excluding carboxylic acids is 1. The summed E-state index contributed by atoms with van der Waals surface area (Å²) in [6, 6.07) is 1.57. The molecule has 0 fully saturated rings. The minimum absolute atomic E-state index is 0.392. The number of hydrogen-bond donors (Lipinski definition) is 1. The van der Waals surface area contributed by atoms with Gasteiger partial charge in [-0.25, -0.2) is 14.8 Å². The van der Waals surface area contributed by atoms with Gasteiger partial charge in [0.1, 0.15) is 16.7 Å². The van der Waals surface area contributed by atoms with E-state index in [1.165, 1.54) is 13.4 Å². The third kappa shape index (κ3) is 2.46. The van der Waals surface area contributed by atoms with Crippen LogP contribution in [0, 0.1) is 0 Å². The van der Waals surface area contributed by atoms with Crippen LogP contribution in [0.3, 0.4) is 0 Å². The Morgan fingerprint density at radius 2 is 2.42 bits per heavy atom. The van der Waals surface area contributed by atoms with E-state index in [1.807, 2.05) is 0 Å². The van der Waals surface area contributed by atoms with E-state index < -0.39 is 6.09 Å². The van der Waals surface area contributed by atoms with Gasteiger partial charge < -0.3 is 4.74 Å². The number of carbonyl (C=O) groups is 1. The zero-order chi connectivity index (χ0) is 8.97. The maximum Gasteiger partial charge on any atom is 0.412 e. The lowest BCUT2D eigenvalue weighted by Crippen LogP contribution is -2.12. The second-order valence-corrected chi connectivity index (χ2v) is 2.66. The number of hydrogen-bond acceptors (Lipinski definition) is 4. The van der Waals surface area contributed by atoms with E-state index in [0.29, 0.717) is 10.4 Å². The molecule has 0 bridgehead atoms. The highest BCUT2D eigenvalue weighted by Gasteiger charge is 2.01. The number of nitrogens with one attached hydrogen (secondary N) is 1. The van der Waals surface area contributed by atoms with Crippen molar-refractivity contribution in [2.45, 2.75) is 0 Å². The van der Waals surface area contributed by atoms with Gasteiger partial charge in [-0.3, -0.25) is 5.32 Å². The zero-order valence-electron chi connectivity index (χ0n) is 6.24. The van der Waals surface area contributed by atoms with Gasteiger partial charge in [0.2, 0.25) is 0 Å². The first kappa shape index (κ1) is 8.92. The van der Waals surface area contributed by atoms with E-state index in [2.05, 4.69) is 36.0 Å². The maximum atomic E-state index is 10.7. The molecule has 1 amide bonds. The van der Waals surface area contributed by atoms with Gasteiger partial charge in [-0.2, -0.15) is 0 Å². The topological polar surface area (TPSA) is 64.1 Å². The minimum atomic E-state index is -0.555. The van der Waals surface area contributed by atoms with Crippen LogP contribution in [0.2, 0.25) is 0 Å². The van der Waals surface area contributed by atoms with Gasteiger partial charge in [0.25, 0.3) is 0 Å². The summed E-state index contributed by atoms with van der Waals surface area (Å²) >= 11 is 3.13. The van der Waals surface area contributed by atoms with Gasteiger partial charge in [-0.1, -0.05) is 0 Å². The lowest BCUT2D eigenvalue weighted by atomic mass is 10.6. The van der Waals surface area contributed by atoms with E-state index in [1.54, 1.807) is 6.07 Å². The van der Waals surface area contributed by atoms with Crippen LogP contribution in [0.1, 0.15) is 0 Å². The largest absolute Gasteiger partial charge is 0.453 e. The van der Waals surface area contributed by atoms with E-state index in [-0.39, 0.29) is 0 Å². The summed E-state index contributed by atoms with van der Waals surface area (Å²) in [6.45, 7) is 0. The van der Waals surface area contributed by atoms with Gasteiger partial charge in [0.05, 0.1) is 7.11 Å². The molecule has 6 heteroatoms. The predicted octanol–water partition coefficient (Wildman–Crippen LogP) is 1.42. The molecular formula is C6H6BrN3O2. The van der Waals surface area contributed by atoms with Crippen LogP contribution in [0.4, 0.5) is 10.6 Å². The second kappa shape index (κ2) is 4.01. The summed E-state index contributed by atoms with van der Waals surface area (Å²) in [5.74, 6) is 0.392. The summed E-state index contributed by atoms with van der Waals surface area (Å²) < 4.78 is 4.97. The van der Waals surface area contributed by atoms with Crippen molar-refractivity contribution < 1.29 is 9.53 Å².